The topological polar surface area (TPSA) is 38.3 Å². The van der Waals surface area contributed by atoms with E-state index in [-0.39, 0.29) is 11.9 Å². The molecule has 1 aliphatic rings. The highest BCUT2D eigenvalue weighted by Gasteiger charge is 2.20. The molecule has 1 saturated carbocycles. The molecule has 106 valence electrons. The summed E-state index contributed by atoms with van der Waals surface area (Å²) in [7, 11) is 0. The third kappa shape index (κ3) is 5.38. The first-order valence-corrected chi connectivity index (χ1v) is 7.55. The quantitative estimate of drug-likeness (QED) is 0.585. The number of ether oxygens (including phenoxy) is 1. The second-order valence-corrected chi connectivity index (χ2v) is 5.60. The van der Waals surface area contributed by atoms with Gasteiger partial charge in [0.25, 0.3) is 0 Å². The van der Waals surface area contributed by atoms with Gasteiger partial charge in [-0.15, -0.1) is 0 Å². The van der Waals surface area contributed by atoms with Crippen molar-refractivity contribution in [3.8, 4) is 0 Å². The lowest BCUT2D eigenvalue weighted by molar-refractivity contribution is -0.147. The molecule has 3 nitrogen and oxygen atoms in total. The molecule has 0 heterocycles. The average Bonchev–Trinajstić information content (AvgIpc) is 2.64. The summed E-state index contributed by atoms with van der Waals surface area (Å²) in [5.74, 6) is 0.651. The van der Waals surface area contributed by atoms with E-state index in [2.05, 4.69) is 12.2 Å². The van der Waals surface area contributed by atoms with Crippen LogP contribution in [0.15, 0.2) is 0 Å². The molecule has 1 unspecified atom stereocenters. The highest BCUT2D eigenvalue weighted by Crippen LogP contribution is 2.25. The van der Waals surface area contributed by atoms with E-state index in [0.717, 1.165) is 12.5 Å². The summed E-state index contributed by atoms with van der Waals surface area (Å²) in [6.45, 7) is 7.25. The van der Waals surface area contributed by atoms with Gasteiger partial charge in [-0.2, -0.15) is 0 Å². The van der Waals surface area contributed by atoms with Crippen molar-refractivity contribution in [1.82, 2.24) is 5.32 Å². The Bertz CT molecular complexity index is 235. The van der Waals surface area contributed by atoms with Gasteiger partial charge in [0.2, 0.25) is 0 Å². The zero-order valence-electron chi connectivity index (χ0n) is 12.2. The van der Waals surface area contributed by atoms with Crippen LogP contribution in [0.1, 0.15) is 59.3 Å². The summed E-state index contributed by atoms with van der Waals surface area (Å²) in [6.07, 6.45) is 8.18. The van der Waals surface area contributed by atoms with Crippen molar-refractivity contribution >= 4 is 5.97 Å². The Balaban J connectivity index is 2.26. The fraction of sp³-hybridized carbons (Fsp3) is 0.933. The van der Waals surface area contributed by atoms with Crippen LogP contribution in [-0.2, 0) is 9.53 Å². The van der Waals surface area contributed by atoms with Crippen LogP contribution in [0.3, 0.4) is 0 Å². The molecule has 0 spiro atoms. The second kappa shape index (κ2) is 8.52. The van der Waals surface area contributed by atoms with Crippen LogP contribution in [-0.4, -0.2) is 25.2 Å². The molecule has 0 bridgehead atoms. The van der Waals surface area contributed by atoms with E-state index in [4.69, 9.17) is 4.74 Å². The third-order valence-electron chi connectivity index (χ3n) is 4.04. The predicted octanol–water partition coefficient (Wildman–Crippen LogP) is 3.13. The number of carbonyl (C=O) groups is 1. The van der Waals surface area contributed by atoms with E-state index >= 15 is 0 Å². The monoisotopic (exact) mass is 255 g/mol. The van der Waals surface area contributed by atoms with Gasteiger partial charge in [-0.1, -0.05) is 32.6 Å². The maximum atomic E-state index is 11.5. The lowest BCUT2D eigenvalue weighted by Gasteiger charge is -2.24. The van der Waals surface area contributed by atoms with Crippen LogP contribution in [0, 0.1) is 11.8 Å². The van der Waals surface area contributed by atoms with Crippen LogP contribution in [0.25, 0.3) is 0 Å². The molecule has 0 aromatic carbocycles. The van der Waals surface area contributed by atoms with Crippen LogP contribution in [0.4, 0.5) is 0 Å². The number of carbonyl (C=O) groups excluding carboxylic acids is 1. The van der Waals surface area contributed by atoms with Crippen LogP contribution in [0.2, 0.25) is 0 Å². The van der Waals surface area contributed by atoms with Gasteiger partial charge in [0.05, 0.1) is 12.5 Å². The van der Waals surface area contributed by atoms with Crippen molar-refractivity contribution < 1.29 is 9.53 Å². The lowest BCUT2D eigenvalue weighted by Crippen LogP contribution is -2.38. The van der Waals surface area contributed by atoms with E-state index < -0.39 is 0 Å². The molecule has 2 atom stereocenters. The van der Waals surface area contributed by atoms with Crippen molar-refractivity contribution in [2.45, 2.75) is 65.3 Å². The Morgan fingerprint density at radius 1 is 1.22 bits per heavy atom. The first-order chi connectivity index (χ1) is 8.65. The lowest BCUT2D eigenvalue weighted by atomic mass is 9.92. The largest absolute Gasteiger partial charge is 0.466 e. The molecule has 0 radical (unpaired) electrons. The zero-order valence-corrected chi connectivity index (χ0v) is 12.2. The Morgan fingerprint density at radius 3 is 2.39 bits per heavy atom. The van der Waals surface area contributed by atoms with E-state index in [1.165, 1.54) is 38.5 Å². The summed E-state index contributed by atoms with van der Waals surface area (Å²) >= 11 is 0. The molecule has 1 aliphatic carbocycles. The van der Waals surface area contributed by atoms with Crippen molar-refractivity contribution in [3.63, 3.8) is 0 Å². The maximum Gasteiger partial charge on any atom is 0.309 e. The Hall–Kier alpha value is -0.570. The molecular weight excluding hydrogens is 226 g/mol. The molecule has 0 saturated heterocycles. The van der Waals surface area contributed by atoms with Crippen LogP contribution < -0.4 is 5.32 Å². The maximum absolute atomic E-state index is 11.5. The molecule has 0 aromatic heterocycles. The van der Waals surface area contributed by atoms with E-state index in [1.54, 1.807) is 0 Å². The van der Waals surface area contributed by atoms with Gasteiger partial charge in [-0.05, 0) is 32.6 Å². The minimum atomic E-state index is -0.0851. The highest BCUT2D eigenvalue weighted by atomic mass is 16.5. The van der Waals surface area contributed by atoms with Gasteiger partial charge in [-0.25, -0.2) is 0 Å². The first kappa shape index (κ1) is 15.5. The van der Waals surface area contributed by atoms with Crippen LogP contribution >= 0.6 is 0 Å². The van der Waals surface area contributed by atoms with Gasteiger partial charge in [0.1, 0.15) is 0 Å². The number of rotatable bonds is 6. The minimum absolute atomic E-state index is 0.0434. The smallest absolute Gasteiger partial charge is 0.309 e. The molecule has 1 N–H and O–H groups in total. The van der Waals surface area contributed by atoms with Crippen molar-refractivity contribution in [3.05, 3.63) is 0 Å². The number of esters is 1. The Labute approximate surface area is 112 Å². The number of nitrogens with one attached hydrogen (secondary N) is 1. The molecule has 0 amide bonds. The summed E-state index contributed by atoms with van der Waals surface area (Å²) in [4.78, 5) is 11.5. The van der Waals surface area contributed by atoms with E-state index in [0.29, 0.717) is 12.6 Å². The SMILES string of the molecule is CCOC(=O)C(C)CN[C@H](C)C1CCCCCC1. The Kier molecular flexibility index (Phi) is 7.33. The van der Waals surface area contributed by atoms with Crippen molar-refractivity contribution in [1.29, 1.82) is 0 Å². The van der Waals surface area contributed by atoms with E-state index in [1.807, 2.05) is 13.8 Å². The highest BCUT2D eigenvalue weighted by molar-refractivity contribution is 5.72. The molecule has 0 aliphatic heterocycles. The zero-order chi connectivity index (χ0) is 13.4. The molecular formula is C15H29NO2. The van der Waals surface area contributed by atoms with Gasteiger partial charge in [0, 0.05) is 12.6 Å². The van der Waals surface area contributed by atoms with Gasteiger partial charge < -0.3 is 10.1 Å². The summed E-state index contributed by atoms with van der Waals surface area (Å²) < 4.78 is 5.02. The first-order valence-electron chi connectivity index (χ1n) is 7.55. The Morgan fingerprint density at radius 2 is 1.83 bits per heavy atom. The number of hydrogen-bond donors (Lipinski definition) is 1. The average molecular weight is 255 g/mol. The summed E-state index contributed by atoms with van der Waals surface area (Å²) in [5.41, 5.74) is 0. The van der Waals surface area contributed by atoms with Crippen molar-refractivity contribution in [2.24, 2.45) is 11.8 Å². The fourth-order valence-corrected chi connectivity index (χ4v) is 2.71. The van der Waals surface area contributed by atoms with Gasteiger partial charge >= 0.3 is 5.97 Å². The predicted molar refractivity (Wildman–Crippen MR) is 74.5 cm³/mol. The van der Waals surface area contributed by atoms with Crippen LogP contribution in [0.5, 0.6) is 0 Å². The fourth-order valence-electron chi connectivity index (χ4n) is 2.71. The minimum Gasteiger partial charge on any atom is -0.466 e. The number of hydrogen-bond acceptors (Lipinski definition) is 3. The normalized spacial score (nSPS) is 21.1. The molecule has 1 fully saturated rings. The second-order valence-electron chi connectivity index (χ2n) is 5.60. The molecule has 1 rings (SSSR count). The van der Waals surface area contributed by atoms with Crippen molar-refractivity contribution in [2.75, 3.05) is 13.2 Å². The van der Waals surface area contributed by atoms with Gasteiger partial charge in [-0.3, -0.25) is 4.79 Å². The summed E-state index contributed by atoms with van der Waals surface area (Å²) in [5, 5.41) is 3.52. The summed E-state index contributed by atoms with van der Waals surface area (Å²) in [6, 6.07) is 0.514. The molecule has 3 heteroatoms. The van der Waals surface area contributed by atoms with E-state index in [9.17, 15) is 4.79 Å². The molecule has 0 aromatic rings. The third-order valence-corrected chi connectivity index (χ3v) is 4.04. The van der Waals surface area contributed by atoms with Gasteiger partial charge in [0.15, 0.2) is 0 Å². The molecule has 18 heavy (non-hydrogen) atoms. The standard InChI is InChI=1S/C15H29NO2/c1-4-18-15(17)12(2)11-16-13(3)14-9-7-5-6-8-10-14/h12-14,16H,4-11H2,1-3H3/t12?,13-/m1/s1.